The summed E-state index contributed by atoms with van der Waals surface area (Å²) in [7, 11) is 0. The second-order valence-electron chi connectivity index (χ2n) is 4.76. The molecule has 5 nitrogen and oxygen atoms in total. The predicted octanol–water partition coefficient (Wildman–Crippen LogP) is 0.672. The van der Waals surface area contributed by atoms with Crippen LogP contribution < -0.4 is 5.73 Å². The molecule has 2 heterocycles. The number of rotatable bonds is 4. The summed E-state index contributed by atoms with van der Waals surface area (Å²) >= 11 is 1.40. The van der Waals surface area contributed by atoms with Crippen molar-refractivity contribution in [1.82, 2.24) is 4.90 Å². The third kappa shape index (κ3) is 4.55. The SMILES string of the molecule is NCC#Cc1ccc(C(=O)N2CCC(OCCO)CC2)s1. The first-order valence-corrected chi connectivity index (χ1v) is 7.86. The molecule has 1 amide bonds. The Hall–Kier alpha value is -1.39. The van der Waals surface area contributed by atoms with Gasteiger partial charge in [-0.05, 0) is 25.0 Å². The first-order valence-electron chi connectivity index (χ1n) is 7.05. The monoisotopic (exact) mass is 308 g/mol. The van der Waals surface area contributed by atoms with Crippen LogP contribution in [0.2, 0.25) is 0 Å². The molecule has 0 unspecified atom stereocenters. The van der Waals surface area contributed by atoms with Crippen LogP contribution in [-0.4, -0.2) is 54.9 Å². The smallest absolute Gasteiger partial charge is 0.263 e. The van der Waals surface area contributed by atoms with Gasteiger partial charge in [-0.15, -0.1) is 11.3 Å². The summed E-state index contributed by atoms with van der Waals surface area (Å²) in [6, 6.07) is 3.68. The summed E-state index contributed by atoms with van der Waals surface area (Å²) in [5, 5.41) is 8.74. The molecule has 1 aromatic heterocycles. The van der Waals surface area contributed by atoms with E-state index in [4.69, 9.17) is 15.6 Å². The van der Waals surface area contributed by atoms with Crippen molar-refractivity contribution in [2.45, 2.75) is 18.9 Å². The normalized spacial score (nSPS) is 15.6. The number of carbonyl (C=O) groups is 1. The van der Waals surface area contributed by atoms with Gasteiger partial charge in [-0.25, -0.2) is 0 Å². The maximum absolute atomic E-state index is 12.4. The maximum Gasteiger partial charge on any atom is 0.263 e. The minimum absolute atomic E-state index is 0.0426. The highest BCUT2D eigenvalue weighted by Gasteiger charge is 2.24. The average Bonchev–Trinajstić information content (AvgIpc) is 2.99. The second kappa shape index (κ2) is 8.15. The average molecular weight is 308 g/mol. The Morgan fingerprint density at radius 2 is 2.24 bits per heavy atom. The maximum atomic E-state index is 12.4. The molecular formula is C15H20N2O3S. The molecule has 1 aliphatic rings. The highest BCUT2D eigenvalue weighted by Crippen LogP contribution is 2.21. The fourth-order valence-corrected chi connectivity index (χ4v) is 3.11. The zero-order valence-electron chi connectivity index (χ0n) is 11.9. The van der Waals surface area contributed by atoms with E-state index in [0.717, 1.165) is 17.7 Å². The fraction of sp³-hybridized carbons (Fsp3) is 0.533. The van der Waals surface area contributed by atoms with E-state index >= 15 is 0 Å². The van der Waals surface area contributed by atoms with Gasteiger partial charge in [-0.3, -0.25) is 4.79 Å². The first-order chi connectivity index (χ1) is 10.2. The lowest BCUT2D eigenvalue weighted by Crippen LogP contribution is -2.40. The quantitative estimate of drug-likeness (QED) is 0.802. The minimum atomic E-state index is 0.0426. The van der Waals surface area contributed by atoms with Gasteiger partial charge < -0.3 is 20.5 Å². The van der Waals surface area contributed by atoms with Gasteiger partial charge in [0.2, 0.25) is 0 Å². The molecule has 21 heavy (non-hydrogen) atoms. The van der Waals surface area contributed by atoms with E-state index in [2.05, 4.69) is 11.8 Å². The number of nitrogens with zero attached hydrogens (tertiary/aromatic N) is 1. The molecule has 1 fully saturated rings. The number of hydrogen-bond acceptors (Lipinski definition) is 5. The van der Waals surface area contributed by atoms with Crippen LogP contribution >= 0.6 is 11.3 Å². The molecule has 1 saturated heterocycles. The van der Waals surface area contributed by atoms with Crippen LogP contribution in [0.4, 0.5) is 0 Å². The van der Waals surface area contributed by atoms with Crippen LogP contribution in [0.25, 0.3) is 0 Å². The number of aliphatic hydroxyl groups is 1. The largest absolute Gasteiger partial charge is 0.394 e. The van der Waals surface area contributed by atoms with Crippen molar-refractivity contribution >= 4 is 17.2 Å². The number of hydrogen-bond donors (Lipinski definition) is 2. The van der Waals surface area contributed by atoms with Gasteiger partial charge in [-0.1, -0.05) is 11.8 Å². The summed E-state index contributed by atoms with van der Waals surface area (Å²) in [5.41, 5.74) is 5.34. The van der Waals surface area contributed by atoms with Crippen LogP contribution in [0.1, 0.15) is 27.4 Å². The van der Waals surface area contributed by atoms with E-state index < -0.39 is 0 Å². The van der Waals surface area contributed by atoms with Crippen molar-refractivity contribution in [3.63, 3.8) is 0 Å². The third-order valence-electron chi connectivity index (χ3n) is 3.30. The first kappa shape index (κ1) is 16.0. The van der Waals surface area contributed by atoms with Crippen molar-refractivity contribution in [2.75, 3.05) is 32.8 Å². The third-order valence-corrected chi connectivity index (χ3v) is 4.29. The molecule has 0 aliphatic carbocycles. The van der Waals surface area contributed by atoms with Crippen molar-refractivity contribution in [3.05, 3.63) is 21.9 Å². The van der Waals surface area contributed by atoms with Crippen LogP contribution in [0.5, 0.6) is 0 Å². The van der Waals surface area contributed by atoms with Gasteiger partial charge in [0, 0.05) is 13.1 Å². The summed E-state index contributed by atoms with van der Waals surface area (Å²) in [6.07, 6.45) is 1.78. The molecule has 1 aliphatic heterocycles. The van der Waals surface area contributed by atoms with Gasteiger partial charge in [0.1, 0.15) is 0 Å². The van der Waals surface area contributed by atoms with Gasteiger partial charge in [-0.2, -0.15) is 0 Å². The molecule has 0 atom stereocenters. The number of likely N-dealkylation sites (tertiary alicyclic amines) is 1. The number of amides is 1. The standard InChI is InChI=1S/C15H20N2O3S/c16-7-1-2-13-3-4-14(21-13)15(19)17-8-5-12(6-9-17)20-11-10-18/h3-4,12,18H,5-11,16H2. The van der Waals surface area contributed by atoms with E-state index in [1.54, 1.807) is 0 Å². The highest BCUT2D eigenvalue weighted by atomic mass is 32.1. The number of carbonyl (C=O) groups excluding carboxylic acids is 1. The fourth-order valence-electron chi connectivity index (χ4n) is 2.26. The number of nitrogens with two attached hydrogens (primary N) is 1. The highest BCUT2D eigenvalue weighted by molar-refractivity contribution is 7.14. The molecule has 2 rings (SSSR count). The van der Waals surface area contributed by atoms with Crippen LogP contribution in [0.15, 0.2) is 12.1 Å². The van der Waals surface area contributed by atoms with Crippen molar-refractivity contribution in [2.24, 2.45) is 5.73 Å². The second-order valence-corrected chi connectivity index (χ2v) is 5.84. The Kier molecular flexibility index (Phi) is 6.21. The molecule has 1 aromatic rings. The topological polar surface area (TPSA) is 75.8 Å². The van der Waals surface area contributed by atoms with Crippen molar-refractivity contribution in [1.29, 1.82) is 0 Å². The molecule has 0 radical (unpaired) electrons. The van der Waals surface area contributed by atoms with Crippen molar-refractivity contribution < 1.29 is 14.6 Å². The van der Waals surface area contributed by atoms with Gasteiger partial charge in [0.05, 0.1) is 35.6 Å². The molecule has 0 aromatic carbocycles. The Bertz CT molecular complexity index is 525. The summed E-state index contributed by atoms with van der Waals surface area (Å²) in [6.45, 7) is 2.11. The van der Waals surface area contributed by atoms with E-state index in [1.165, 1.54) is 11.3 Å². The van der Waals surface area contributed by atoms with Gasteiger partial charge in [0.25, 0.3) is 5.91 Å². The van der Waals surface area contributed by atoms with Crippen LogP contribution in [-0.2, 0) is 4.74 Å². The van der Waals surface area contributed by atoms with Gasteiger partial charge in [0.15, 0.2) is 0 Å². The van der Waals surface area contributed by atoms with E-state index in [-0.39, 0.29) is 18.6 Å². The number of ether oxygens (including phenoxy) is 1. The molecule has 6 heteroatoms. The lowest BCUT2D eigenvalue weighted by molar-refractivity contribution is -0.00545. The van der Waals surface area contributed by atoms with Crippen LogP contribution in [0, 0.1) is 11.8 Å². The molecule has 3 N–H and O–H groups in total. The van der Waals surface area contributed by atoms with Crippen molar-refractivity contribution in [3.8, 4) is 11.8 Å². The summed E-state index contributed by atoms with van der Waals surface area (Å²) in [4.78, 5) is 15.8. The number of aliphatic hydroxyl groups excluding tert-OH is 1. The minimum Gasteiger partial charge on any atom is -0.394 e. The zero-order chi connectivity index (χ0) is 15.1. The molecule has 114 valence electrons. The Morgan fingerprint density at radius 1 is 1.48 bits per heavy atom. The molecule has 0 spiro atoms. The number of thiophene rings is 1. The lowest BCUT2D eigenvalue weighted by atomic mass is 10.1. The van der Waals surface area contributed by atoms with Crippen LogP contribution in [0.3, 0.4) is 0 Å². The Labute approximate surface area is 128 Å². The van der Waals surface area contributed by atoms with E-state index in [9.17, 15) is 4.79 Å². The van der Waals surface area contributed by atoms with E-state index in [0.29, 0.717) is 31.1 Å². The summed E-state index contributed by atoms with van der Waals surface area (Å²) in [5.74, 6) is 5.79. The summed E-state index contributed by atoms with van der Waals surface area (Å²) < 4.78 is 5.50. The van der Waals surface area contributed by atoms with E-state index in [1.807, 2.05) is 17.0 Å². The lowest BCUT2D eigenvalue weighted by Gasteiger charge is -2.31. The molecule has 0 bridgehead atoms. The molecular weight excluding hydrogens is 288 g/mol. The Morgan fingerprint density at radius 3 is 2.90 bits per heavy atom. The number of piperidine rings is 1. The Balaban J connectivity index is 1.88. The predicted molar refractivity (Wildman–Crippen MR) is 82.2 cm³/mol. The zero-order valence-corrected chi connectivity index (χ0v) is 12.7. The van der Waals surface area contributed by atoms with Gasteiger partial charge >= 0.3 is 0 Å². The molecule has 0 saturated carbocycles.